The second-order valence-electron chi connectivity index (χ2n) is 8.23. The number of imidazole rings is 1. The Morgan fingerprint density at radius 2 is 1.81 bits per heavy atom. The summed E-state index contributed by atoms with van der Waals surface area (Å²) in [4.78, 5) is 15.5. The van der Waals surface area contributed by atoms with Crippen LogP contribution in [0.4, 0.5) is 10.3 Å². The Bertz CT molecular complexity index is 1270. The molecule has 1 fully saturated rings. The largest absolute Gasteiger partial charge is 0.387 e. The molecule has 0 saturated carbocycles. The molecule has 4 heterocycles. The van der Waals surface area contributed by atoms with Crippen LogP contribution in [0.1, 0.15) is 35.4 Å². The number of hydrogen-bond donors (Lipinski definition) is 1. The lowest BCUT2D eigenvalue weighted by Gasteiger charge is -2.26. The Kier molecular flexibility index (Phi) is 4.62. The molecule has 2 unspecified atom stereocenters. The van der Waals surface area contributed by atoms with E-state index in [-0.39, 0.29) is 5.92 Å². The highest BCUT2D eigenvalue weighted by molar-refractivity contribution is 5.65. The fraction of sp³-hybridized carbons (Fsp3) is 0.292. The first-order valence-corrected chi connectivity index (χ1v) is 10.8. The Labute approximate surface area is 184 Å². The zero-order valence-electron chi connectivity index (χ0n) is 17.4. The van der Waals surface area contributed by atoms with E-state index in [0.29, 0.717) is 48.1 Å². The number of nitrogens with zero attached hydrogens (tertiary/aromatic N) is 5. The van der Waals surface area contributed by atoms with Crippen molar-refractivity contribution in [3.05, 3.63) is 77.8 Å². The van der Waals surface area contributed by atoms with Crippen LogP contribution < -0.4 is 4.90 Å². The van der Waals surface area contributed by atoms with Gasteiger partial charge in [-0.05, 0) is 12.0 Å². The fourth-order valence-electron chi connectivity index (χ4n) is 4.72. The average Bonchev–Trinajstić information content (AvgIpc) is 3.36. The Balaban J connectivity index is 1.42. The molecule has 6 rings (SSSR count). The van der Waals surface area contributed by atoms with Crippen LogP contribution in [0.25, 0.3) is 16.8 Å². The normalized spacial score (nSPS) is 20.6. The topological polar surface area (TPSA) is 75.8 Å². The van der Waals surface area contributed by atoms with Crippen molar-refractivity contribution >= 4 is 11.6 Å². The summed E-state index contributed by atoms with van der Waals surface area (Å²) in [6.45, 7) is 2.78. The van der Waals surface area contributed by atoms with Gasteiger partial charge in [-0.1, -0.05) is 30.3 Å². The van der Waals surface area contributed by atoms with Crippen LogP contribution in [0.15, 0.2) is 55.0 Å². The monoisotopic (exact) mass is 431 g/mol. The van der Waals surface area contributed by atoms with Gasteiger partial charge in [-0.25, -0.2) is 19.3 Å². The molecular weight excluding hydrogens is 409 g/mol. The molecule has 3 aromatic heterocycles. The second-order valence-corrected chi connectivity index (χ2v) is 8.23. The SMILES string of the molecule is OC1CC(c2ccccc2)c2c1nc1cc(F)c(-c3cnc(N4CCOCC4)nc3)cn21. The number of morpholine rings is 1. The van der Waals surface area contributed by atoms with E-state index in [1.54, 1.807) is 18.6 Å². The third-order valence-electron chi connectivity index (χ3n) is 6.32. The van der Waals surface area contributed by atoms with E-state index in [1.165, 1.54) is 6.07 Å². The van der Waals surface area contributed by atoms with E-state index < -0.39 is 11.9 Å². The number of aromatic nitrogens is 4. The van der Waals surface area contributed by atoms with Gasteiger partial charge in [0, 0.05) is 54.8 Å². The summed E-state index contributed by atoms with van der Waals surface area (Å²) >= 11 is 0. The van der Waals surface area contributed by atoms with Crippen molar-refractivity contribution < 1.29 is 14.2 Å². The molecule has 162 valence electrons. The van der Waals surface area contributed by atoms with Gasteiger partial charge >= 0.3 is 0 Å². The van der Waals surface area contributed by atoms with Crippen molar-refractivity contribution in [2.45, 2.75) is 18.4 Å². The minimum absolute atomic E-state index is 0.00513. The molecule has 8 heteroatoms. The highest BCUT2D eigenvalue weighted by Crippen LogP contribution is 2.44. The highest BCUT2D eigenvalue weighted by atomic mass is 19.1. The van der Waals surface area contributed by atoms with Gasteiger partial charge in [0.15, 0.2) is 0 Å². The van der Waals surface area contributed by atoms with Gasteiger partial charge in [0.05, 0.1) is 30.7 Å². The van der Waals surface area contributed by atoms with Crippen LogP contribution >= 0.6 is 0 Å². The number of halogens is 1. The summed E-state index contributed by atoms with van der Waals surface area (Å²) in [6, 6.07) is 11.5. The number of ether oxygens (including phenoxy) is 1. The molecule has 2 aliphatic rings. The van der Waals surface area contributed by atoms with Crippen LogP contribution in [0, 0.1) is 5.82 Å². The number of fused-ring (bicyclic) bond motifs is 3. The zero-order valence-corrected chi connectivity index (χ0v) is 17.4. The van der Waals surface area contributed by atoms with E-state index in [1.807, 2.05) is 22.6 Å². The molecule has 4 aromatic rings. The van der Waals surface area contributed by atoms with Crippen LogP contribution in [0.5, 0.6) is 0 Å². The lowest BCUT2D eigenvalue weighted by atomic mass is 9.96. The van der Waals surface area contributed by atoms with Gasteiger partial charge in [-0.15, -0.1) is 0 Å². The molecule has 0 radical (unpaired) electrons. The minimum atomic E-state index is -0.669. The maximum Gasteiger partial charge on any atom is 0.225 e. The van der Waals surface area contributed by atoms with Crippen LogP contribution in [-0.2, 0) is 4.74 Å². The summed E-state index contributed by atoms with van der Waals surface area (Å²) in [6.07, 6.45) is 4.95. The average molecular weight is 431 g/mol. The Morgan fingerprint density at radius 3 is 2.56 bits per heavy atom. The number of aliphatic hydroxyl groups is 1. The Morgan fingerprint density at radius 1 is 1.06 bits per heavy atom. The number of anilines is 1. The summed E-state index contributed by atoms with van der Waals surface area (Å²) in [7, 11) is 0. The highest BCUT2D eigenvalue weighted by Gasteiger charge is 2.36. The van der Waals surface area contributed by atoms with Crippen molar-refractivity contribution in [2.24, 2.45) is 0 Å². The summed E-state index contributed by atoms with van der Waals surface area (Å²) in [5.74, 6) is 0.221. The molecule has 0 amide bonds. The quantitative estimate of drug-likeness (QED) is 0.536. The molecular formula is C24H22FN5O2. The lowest BCUT2D eigenvalue weighted by Crippen LogP contribution is -2.37. The molecule has 32 heavy (non-hydrogen) atoms. The molecule has 1 saturated heterocycles. The van der Waals surface area contributed by atoms with Crippen molar-refractivity contribution in [3.63, 3.8) is 0 Å². The molecule has 2 atom stereocenters. The van der Waals surface area contributed by atoms with Crippen molar-refractivity contribution in [2.75, 3.05) is 31.2 Å². The molecule has 7 nitrogen and oxygen atoms in total. The van der Waals surface area contributed by atoms with Crippen molar-refractivity contribution in [3.8, 4) is 11.1 Å². The van der Waals surface area contributed by atoms with Crippen molar-refractivity contribution in [1.29, 1.82) is 0 Å². The smallest absolute Gasteiger partial charge is 0.225 e. The first-order chi connectivity index (χ1) is 15.7. The number of pyridine rings is 1. The predicted molar refractivity (Wildman–Crippen MR) is 117 cm³/mol. The van der Waals surface area contributed by atoms with Crippen LogP contribution in [0.2, 0.25) is 0 Å². The van der Waals surface area contributed by atoms with Gasteiger partial charge in [0.2, 0.25) is 5.95 Å². The van der Waals surface area contributed by atoms with E-state index in [0.717, 1.165) is 24.3 Å². The van der Waals surface area contributed by atoms with E-state index >= 15 is 4.39 Å². The number of hydrogen-bond acceptors (Lipinski definition) is 6. The number of rotatable bonds is 3. The number of benzene rings is 1. The fourth-order valence-corrected chi connectivity index (χ4v) is 4.72. The minimum Gasteiger partial charge on any atom is -0.387 e. The first-order valence-electron chi connectivity index (χ1n) is 10.8. The summed E-state index contributed by atoms with van der Waals surface area (Å²) in [5.41, 5.74) is 4.12. The van der Waals surface area contributed by atoms with E-state index in [2.05, 4.69) is 32.0 Å². The third-order valence-corrected chi connectivity index (χ3v) is 6.32. The van der Waals surface area contributed by atoms with Gasteiger partial charge in [0.1, 0.15) is 11.5 Å². The van der Waals surface area contributed by atoms with Gasteiger partial charge in [-0.3, -0.25) is 0 Å². The van der Waals surface area contributed by atoms with Gasteiger partial charge in [0.25, 0.3) is 0 Å². The summed E-state index contributed by atoms with van der Waals surface area (Å²) in [5, 5.41) is 10.6. The molecule has 1 aliphatic heterocycles. The molecule has 1 aliphatic carbocycles. The Hall–Kier alpha value is -3.36. The standard InChI is InChI=1S/C24H22FN5O2/c25-19-11-21-28-22-20(31)10-17(15-4-2-1-3-5-15)23(22)30(21)14-18(19)16-12-26-24(27-13-16)29-6-8-32-9-7-29/h1-5,11-14,17,20,31H,6-10H2. The first kappa shape index (κ1) is 19.3. The molecule has 1 aromatic carbocycles. The second kappa shape index (κ2) is 7.65. The van der Waals surface area contributed by atoms with Gasteiger partial charge < -0.3 is 19.1 Å². The van der Waals surface area contributed by atoms with Crippen LogP contribution in [0.3, 0.4) is 0 Å². The predicted octanol–water partition coefficient (Wildman–Crippen LogP) is 3.34. The molecule has 1 N–H and O–H groups in total. The molecule has 0 spiro atoms. The molecule has 0 bridgehead atoms. The van der Waals surface area contributed by atoms with Gasteiger partial charge in [-0.2, -0.15) is 0 Å². The number of aliphatic hydroxyl groups excluding tert-OH is 1. The zero-order chi connectivity index (χ0) is 21.7. The van der Waals surface area contributed by atoms with Crippen molar-refractivity contribution in [1.82, 2.24) is 19.4 Å². The maximum atomic E-state index is 15.0. The van der Waals surface area contributed by atoms with Crippen LogP contribution in [-0.4, -0.2) is 50.8 Å². The van der Waals surface area contributed by atoms with E-state index in [9.17, 15) is 5.11 Å². The lowest BCUT2D eigenvalue weighted by molar-refractivity contribution is 0.122. The summed E-state index contributed by atoms with van der Waals surface area (Å²) < 4.78 is 22.3. The maximum absolute atomic E-state index is 15.0. The third kappa shape index (κ3) is 3.14. The van der Waals surface area contributed by atoms with E-state index in [4.69, 9.17) is 4.74 Å².